The lowest BCUT2D eigenvalue weighted by molar-refractivity contribution is 0.249. The molecule has 2 fully saturated rings. The van der Waals surface area contributed by atoms with Crippen LogP contribution in [0, 0.1) is 5.92 Å². The summed E-state index contributed by atoms with van der Waals surface area (Å²) in [5.74, 6) is 1.86. The van der Waals surface area contributed by atoms with E-state index < -0.39 is 0 Å². The summed E-state index contributed by atoms with van der Waals surface area (Å²) in [6, 6.07) is 3.90. The molecule has 2 saturated heterocycles. The maximum Gasteiger partial charge on any atom is 0.129 e. The highest BCUT2D eigenvalue weighted by Gasteiger charge is 2.23. The number of thiocarbonyl (C=S) groups is 1. The molecule has 0 aliphatic carbocycles. The number of pyridine rings is 1. The first-order valence-corrected chi connectivity index (χ1v) is 8.36. The van der Waals surface area contributed by atoms with Crippen molar-refractivity contribution < 1.29 is 0 Å². The van der Waals surface area contributed by atoms with Crippen molar-refractivity contribution in [1.82, 2.24) is 9.88 Å². The molecule has 0 saturated carbocycles. The van der Waals surface area contributed by atoms with Gasteiger partial charge in [-0.3, -0.25) is 0 Å². The smallest absolute Gasteiger partial charge is 0.129 e. The molecule has 0 radical (unpaired) electrons. The zero-order valence-corrected chi connectivity index (χ0v) is 13.3. The molecule has 0 bridgehead atoms. The molecule has 0 unspecified atom stereocenters. The fraction of sp³-hybridized carbons (Fsp3) is 0.625. The van der Waals surface area contributed by atoms with Crippen LogP contribution in [-0.4, -0.2) is 47.6 Å². The van der Waals surface area contributed by atoms with E-state index in [9.17, 15) is 0 Å². The van der Waals surface area contributed by atoms with Crippen LogP contribution in [-0.2, 0) is 0 Å². The Morgan fingerprint density at radius 2 is 1.95 bits per heavy atom. The number of anilines is 1. The molecule has 0 amide bonds. The summed E-state index contributed by atoms with van der Waals surface area (Å²) < 4.78 is 0. The topological polar surface area (TPSA) is 45.4 Å². The Bertz CT molecular complexity index is 491. The molecule has 5 heteroatoms. The van der Waals surface area contributed by atoms with E-state index in [1.807, 2.05) is 12.1 Å². The molecule has 1 aromatic heterocycles. The first-order valence-electron chi connectivity index (χ1n) is 7.95. The van der Waals surface area contributed by atoms with Gasteiger partial charge in [-0.2, -0.15) is 0 Å². The summed E-state index contributed by atoms with van der Waals surface area (Å²) in [5, 5.41) is 0. The molecule has 0 aromatic carbocycles. The molecule has 3 heterocycles. The number of hydrogen-bond acceptors (Lipinski definition) is 4. The second-order valence-corrected chi connectivity index (χ2v) is 6.64. The highest BCUT2D eigenvalue weighted by atomic mass is 32.1. The standard InChI is InChI=1S/C16H24N4S/c17-16(21)14-3-6-18-15(11-14)20-9-4-13(5-10-20)12-19-7-1-2-8-19/h3,6,11,13H,1-2,4-5,7-10,12H2,(H2,17,21). The fourth-order valence-corrected chi connectivity index (χ4v) is 3.55. The number of nitrogens with two attached hydrogens (primary N) is 1. The predicted octanol–water partition coefficient (Wildman–Crippen LogP) is 2.03. The third-order valence-corrected chi connectivity index (χ3v) is 4.92. The van der Waals surface area contributed by atoms with Crippen molar-refractivity contribution in [3.8, 4) is 0 Å². The SMILES string of the molecule is NC(=S)c1ccnc(N2CCC(CN3CCCC3)CC2)c1. The maximum atomic E-state index is 5.71. The second kappa shape index (κ2) is 6.71. The molecule has 114 valence electrons. The van der Waals surface area contributed by atoms with Gasteiger partial charge < -0.3 is 15.5 Å². The molecule has 2 N–H and O–H groups in total. The normalized spacial score (nSPS) is 20.9. The number of piperidine rings is 1. The van der Waals surface area contributed by atoms with Crippen LogP contribution < -0.4 is 10.6 Å². The van der Waals surface area contributed by atoms with Gasteiger partial charge in [-0.15, -0.1) is 0 Å². The Morgan fingerprint density at radius 1 is 1.24 bits per heavy atom. The largest absolute Gasteiger partial charge is 0.389 e. The molecule has 2 aliphatic rings. The molecule has 3 rings (SSSR count). The summed E-state index contributed by atoms with van der Waals surface area (Å²) in [6.07, 6.45) is 7.09. The van der Waals surface area contributed by atoms with Crippen molar-refractivity contribution in [1.29, 1.82) is 0 Å². The average molecular weight is 304 g/mol. The number of hydrogen-bond donors (Lipinski definition) is 1. The number of likely N-dealkylation sites (tertiary alicyclic amines) is 1. The van der Waals surface area contributed by atoms with Crippen LogP contribution in [0.25, 0.3) is 0 Å². The lowest BCUT2D eigenvalue weighted by atomic mass is 9.96. The van der Waals surface area contributed by atoms with Crippen molar-refractivity contribution in [3.63, 3.8) is 0 Å². The van der Waals surface area contributed by atoms with Crippen molar-refractivity contribution in [2.45, 2.75) is 25.7 Å². The van der Waals surface area contributed by atoms with Crippen molar-refractivity contribution >= 4 is 23.0 Å². The highest BCUT2D eigenvalue weighted by Crippen LogP contribution is 2.24. The van der Waals surface area contributed by atoms with Gasteiger partial charge in [0.1, 0.15) is 10.8 Å². The maximum absolute atomic E-state index is 5.71. The minimum Gasteiger partial charge on any atom is -0.389 e. The number of aromatic nitrogens is 1. The van der Waals surface area contributed by atoms with Crippen molar-refractivity contribution in [2.75, 3.05) is 37.6 Å². The summed E-state index contributed by atoms with van der Waals surface area (Å²) in [6.45, 7) is 6.07. The summed E-state index contributed by atoms with van der Waals surface area (Å²) in [7, 11) is 0. The van der Waals surface area contributed by atoms with Gasteiger partial charge in [-0.1, -0.05) is 12.2 Å². The summed E-state index contributed by atoms with van der Waals surface area (Å²) in [5.41, 5.74) is 6.62. The van der Waals surface area contributed by atoms with Gasteiger partial charge in [-0.05, 0) is 56.8 Å². The summed E-state index contributed by atoms with van der Waals surface area (Å²) in [4.78, 5) is 9.92. The minimum atomic E-state index is 0.447. The third kappa shape index (κ3) is 3.71. The number of rotatable bonds is 4. The Balaban J connectivity index is 1.55. The first kappa shape index (κ1) is 14.7. The Kier molecular flexibility index (Phi) is 4.70. The number of nitrogens with zero attached hydrogens (tertiary/aromatic N) is 3. The van der Waals surface area contributed by atoms with Crippen LogP contribution in [0.4, 0.5) is 5.82 Å². The molecule has 4 nitrogen and oxygen atoms in total. The van der Waals surface area contributed by atoms with Crippen LogP contribution in [0.15, 0.2) is 18.3 Å². The van der Waals surface area contributed by atoms with E-state index in [2.05, 4.69) is 14.8 Å². The summed E-state index contributed by atoms with van der Waals surface area (Å²) >= 11 is 5.05. The lowest BCUT2D eigenvalue weighted by Crippen LogP contribution is -2.38. The second-order valence-electron chi connectivity index (χ2n) is 6.21. The molecular formula is C16H24N4S. The van der Waals surface area contributed by atoms with Crippen molar-refractivity contribution in [2.24, 2.45) is 11.7 Å². The zero-order valence-electron chi connectivity index (χ0n) is 12.5. The quantitative estimate of drug-likeness (QED) is 0.862. The van der Waals surface area contributed by atoms with Crippen LogP contribution in [0.2, 0.25) is 0 Å². The molecular weight excluding hydrogens is 280 g/mol. The van der Waals surface area contributed by atoms with E-state index in [0.29, 0.717) is 4.99 Å². The van der Waals surface area contributed by atoms with Gasteiger partial charge in [0.2, 0.25) is 0 Å². The van der Waals surface area contributed by atoms with E-state index in [0.717, 1.165) is 30.4 Å². The minimum absolute atomic E-state index is 0.447. The first-order chi connectivity index (χ1) is 10.2. The van der Waals surface area contributed by atoms with Crippen LogP contribution in [0.3, 0.4) is 0 Å². The van der Waals surface area contributed by atoms with Gasteiger partial charge >= 0.3 is 0 Å². The van der Waals surface area contributed by atoms with E-state index in [-0.39, 0.29) is 0 Å². The van der Waals surface area contributed by atoms with E-state index in [1.165, 1.54) is 45.3 Å². The van der Waals surface area contributed by atoms with E-state index >= 15 is 0 Å². The lowest BCUT2D eigenvalue weighted by Gasteiger charge is -2.34. The van der Waals surface area contributed by atoms with Gasteiger partial charge in [-0.25, -0.2) is 4.98 Å². The fourth-order valence-electron chi connectivity index (χ4n) is 3.42. The Hall–Kier alpha value is -1.20. The van der Waals surface area contributed by atoms with Crippen LogP contribution >= 0.6 is 12.2 Å². The molecule has 1 aromatic rings. The van der Waals surface area contributed by atoms with Gasteiger partial charge in [0, 0.05) is 31.4 Å². The molecule has 2 aliphatic heterocycles. The molecule has 0 atom stereocenters. The third-order valence-electron chi connectivity index (χ3n) is 4.68. The Labute approximate surface area is 132 Å². The van der Waals surface area contributed by atoms with Crippen LogP contribution in [0.1, 0.15) is 31.2 Å². The average Bonchev–Trinajstić information content (AvgIpc) is 3.01. The molecule has 0 spiro atoms. The van der Waals surface area contributed by atoms with E-state index in [4.69, 9.17) is 18.0 Å². The Morgan fingerprint density at radius 3 is 2.62 bits per heavy atom. The highest BCUT2D eigenvalue weighted by molar-refractivity contribution is 7.80. The van der Waals surface area contributed by atoms with E-state index in [1.54, 1.807) is 6.20 Å². The van der Waals surface area contributed by atoms with Gasteiger partial charge in [0.25, 0.3) is 0 Å². The van der Waals surface area contributed by atoms with Crippen molar-refractivity contribution in [3.05, 3.63) is 23.9 Å². The predicted molar refractivity (Wildman–Crippen MR) is 90.7 cm³/mol. The zero-order chi connectivity index (χ0) is 14.7. The van der Waals surface area contributed by atoms with Crippen LogP contribution in [0.5, 0.6) is 0 Å². The van der Waals surface area contributed by atoms with Gasteiger partial charge in [0.15, 0.2) is 0 Å². The van der Waals surface area contributed by atoms with Gasteiger partial charge in [0.05, 0.1) is 0 Å². The molecule has 21 heavy (non-hydrogen) atoms. The monoisotopic (exact) mass is 304 g/mol.